The van der Waals surface area contributed by atoms with Crippen LogP contribution in [0.25, 0.3) is 0 Å². The van der Waals surface area contributed by atoms with Crippen LogP contribution in [0.1, 0.15) is 30.7 Å². The number of hydrogen-bond donors (Lipinski definition) is 2. The first-order valence-electron chi connectivity index (χ1n) is 8.16. The van der Waals surface area contributed by atoms with Crippen molar-refractivity contribution < 1.29 is 9.59 Å². The van der Waals surface area contributed by atoms with Gasteiger partial charge in [0.2, 0.25) is 11.8 Å². The van der Waals surface area contributed by atoms with Crippen LogP contribution in [-0.2, 0) is 16.6 Å². The van der Waals surface area contributed by atoms with Gasteiger partial charge in [0.1, 0.15) is 5.82 Å². The first kappa shape index (κ1) is 14.9. The van der Waals surface area contributed by atoms with Gasteiger partial charge < -0.3 is 10.6 Å². The molecule has 24 heavy (non-hydrogen) atoms. The maximum Gasteiger partial charge on any atom is 0.228 e. The van der Waals surface area contributed by atoms with Crippen LogP contribution in [0.2, 0.25) is 0 Å². The van der Waals surface area contributed by atoms with Gasteiger partial charge in [-0.3, -0.25) is 14.3 Å². The molecule has 2 aromatic rings. The van der Waals surface area contributed by atoms with Crippen LogP contribution in [0.4, 0.5) is 11.5 Å². The minimum atomic E-state index is -0.0107. The third-order valence-electron chi connectivity index (χ3n) is 4.51. The zero-order valence-corrected chi connectivity index (χ0v) is 13.4. The van der Waals surface area contributed by atoms with E-state index in [9.17, 15) is 9.59 Å². The Balaban J connectivity index is 1.32. The van der Waals surface area contributed by atoms with E-state index >= 15 is 0 Å². The highest BCUT2D eigenvalue weighted by Crippen LogP contribution is 2.47. The van der Waals surface area contributed by atoms with Crippen molar-refractivity contribution in [3.8, 4) is 0 Å². The van der Waals surface area contributed by atoms with Crippen LogP contribution in [0.5, 0.6) is 0 Å². The van der Waals surface area contributed by atoms with Gasteiger partial charge in [0.05, 0.1) is 18.1 Å². The van der Waals surface area contributed by atoms with E-state index in [1.165, 1.54) is 0 Å². The summed E-state index contributed by atoms with van der Waals surface area (Å²) in [4.78, 5) is 28.2. The van der Waals surface area contributed by atoms with E-state index in [4.69, 9.17) is 0 Å². The van der Waals surface area contributed by atoms with Gasteiger partial charge in [-0.15, -0.1) is 0 Å². The van der Waals surface area contributed by atoms with Gasteiger partial charge in [0, 0.05) is 25.1 Å². The summed E-state index contributed by atoms with van der Waals surface area (Å²) < 4.78 is 1.75. The molecule has 4 rings (SSSR count). The Hall–Kier alpha value is -2.70. The topological polar surface area (TPSA) is 88.9 Å². The molecule has 2 aliphatic carbocycles. The summed E-state index contributed by atoms with van der Waals surface area (Å²) in [5.41, 5.74) is 1.75. The molecule has 124 valence electrons. The number of carbonyl (C=O) groups excluding carboxylic acids is 2. The third kappa shape index (κ3) is 3.15. The van der Waals surface area contributed by atoms with Crippen LogP contribution in [-0.4, -0.2) is 26.6 Å². The highest BCUT2D eigenvalue weighted by Gasteiger charge is 2.44. The van der Waals surface area contributed by atoms with Gasteiger partial charge in [-0.25, -0.2) is 4.98 Å². The molecule has 2 heterocycles. The minimum absolute atomic E-state index is 0.000388. The highest BCUT2D eigenvalue weighted by atomic mass is 16.2. The number of aryl methyl sites for hydroxylation is 1. The fourth-order valence-electron chi connectivity index (χ4n) is 2.84. The first-order valence-corrected chi connectivity index (χ1v) is 8.16. The molecular formula is C17H19N5O2. The zero-order chi connectivity index (χ0) is 16.7. The maximum absolute atomic E-state index is 12.3. The quantitative estimate of drug-likeness (QED) is 0.879. The molecule has 2 atom stereocenters. The fourth-order valence-corrected chi connectivity index (χ4v) is 2.84. The number of carbonyl (C=O) groups is 2. The van der Waals surface area contributed by atoms with Crippen LogP contribution < -0.4 is 10.6 Å². The number of pyridine rings is 1. The second-order valence-corrected chi connectivity index (χ2v) is 6.58. The fraction of sp³-hybridized carbons (Fsp3) is 0.412. The molecule has 0 radical (unpaired) electrons. The summed E-state index contributed by atoms with van der Waals surface area (Å²) in [6.45, 7) is 0. The number of nitrogens with zero attached hydrogens (tertiary/aromatic N) is 3. The van der Waals surface area contributed by atoms with Crippen LogP contribution in [0.3, 0.4) is 0 Å². The van der Waals surface area contributed by atoms with Gasteiger partial charge in [-0.05, 0) is 42.9 Å². The maximum atomic E-state index is 12.3. The lowest BCUT2D eigenvalue weighted by Crippen LogP contribution is -2.16. The van der Waals surface area contributed by atoms with E-state index < -0.39 is 0 Å². The van der Waals surface area contributed by atoms with Crippen molar-refractivity contribution in [2.45, 2.75) is 25.2 Å². The molecule has 7 nitrogen and oxygen atoms in total. The van der Waals surface area contributed by atoms with E-state index in [-0.39, 0.29) is 29.6 Å². The summed E-state index contributed by atoms with van der Waals surface area (Å²) in [7, 11) is 1.87. The van der Waals surface area contributed by atoms with Gasteiger partial charge in [0.15, 0.2) is 0 Å². The predicted molar refractivity (Wildman–Crippen MR) is 88.3 cm³/mol. The van der Waals surface area contributed by atoms with Gasteiger partial charge in [-0.1, -0.05) is 0 Å². The Morgan fingerprint density at radius 1 is 1.17 bits per heavy atom. The largest absolute Gasteiger partial charge is 0.324 e. The molecule has 0 unspecified atom stereocenters. The average Bonchev–Trinajstić information content (AvgIpc) is 3.47. The van der Waals surface area contributed by atoms with Crippen LogP contribution >= 0.6 is 0 Å². The Kier molecular flexibility index (Phi) is 3.55. The number of hydrogen-bond acceptors (Lipinski definition) is 4. The second kappa shape index (κ2) is 5.74. The average molecular weight is 325 g/mol. The van der Waals surface area contributed by atoms with E-state index in [0.29, 0.717) is 11.5 Å². The lowest BCUT2D eigenvalue weighted by molar-refractivity contribution is -0.118. The molecule has 2 amide bonds. The number of anilines is 2. The van der Waals surface area contributed by atoms with Gasteiger partial charge in [-0.2, -0.15) is 5.10 Å². The molecule has 2 N–H and O–H groups in total. The molecular weight excluding hydrogens is 306 g/mol. The number of rotatable bonds is 5. The lowest BCUT2D eigenvalue weighted by Gasteiger charge is -2.06. The lowest BCUT2D eigenvalue weighted by atomic mass is 10.2. The smallest absolute Gasteiger partial charge is 0.228 e. The number of aromatic nitrogens is 3. The van der Waals surface area contributed by atoms with Crippen LogP contribution in [0, 0.1) is 11.8 Å². The van der Waals surface area contributed by atoms with Crippen molar-refractivity contribution >= 4 is 23.3 Å². The standard InChI is InChI=1S/C17H19N5O2/c1-22-9-11(7-19-22)13-6-14(13)17(24)20-12-4-5-15(18-8-12)21-16(23)10-2-3-10/h4-5,7-10,13-14H,2-3,6H2,1H3,(H,20,24)(H,18,21,23)/t13-,14-/m0/s1. The Bertz CT molecular complexity index is 779. The minimum Gasteiger partial charge on any atom is -0.324 e. The summed E-state index contributed by atoms with van der Waals surface area (Å²) in [6, 6.07) is 3.47. The monoisotopic (exact) mass is 325 g/mol. The number of amides is 2. The molecule has 0 aliphatic heterocycles. The SMILES string of the molecule is Cn1cc([C@@H]2C[C@@H]2C(=O)Nc2ccc(NC(=O)C3CC3)nc2)cn1. The van der Waals surface area contributed by atoms with Crippen molar-refractivity contribution in [1.29, 1.82) is 0 Å². The third-order valence-corrected chi connectivity index (χ3v) is 4.51. The molecule has 2 saturated carbocycles. The summed E-state index contributed by atoms with van der Waals surface area (Å²) in [5.74, 6) is 0.930. The number of nitrogens with one attached hydrogen (secondary N) is 2. The van der Waals surface area contributed by atoms with E-state index in [0.717, 1.165) is 24.8 Å². The predicted octanol–water partition coefficient (Wildman–Crippen LogP) is 1.91. The van der Waals surface area contributed by atoms with Crippen molar-refractivity contribution in [2.24, 2.45) is 18.9 Å². The molecule has 0 aromatic carbocycles. The van der Waals surface area contributed by atoms with Crippen molar-refractivity contribution in [2.75, 3.05) is 10.6 Å². The summed E-state index contributed by atoms with van der Waals surface area (Å²) >= 11 is 0. The van der Waals surface area contributed by atoms with E-state index in [1.807, 2.05) is 19.4 Å². The Morgan fingerprint density at radius 2 is 2.00 bits per heavy atom. The zero-order valence-electron chi connectivity index (χ0n) is 13.4. The first-order chi connectivity index (χ1) is 11.6. The summed E-state index contributed by atoms with van der Waals surface area (Å²) in [5, 5.41) is 9.81. The summed E-state index contributed by atoms with van der Waals surface area (Å²) in [6.07, 6.45) is 8.11. The van der Waals surface area contributed by atoms with Crippen molar-refractivity contribution in [3.63, 3.8) is 0 Å². The van der Waals surface area contributed by atoms with E-state index in [2.05, 4.69) is 20.7 Å². The van der Waals surface area contributed by atoms with E-state index in [1.54, 1.807) is 23.0 Å². The molecule has 2 aliphatic rings. The molecule has 2 fully saturated rings. The molecule has 7 heteroatoms. The van der Waals surface area contributed by atoms with Gasteiger partial charge >= 0.3 is 0 Å². The van der Waals surface area contributed by atoms with Crippen molar-refractivity contribution in [3.05, 3.63) is 36.3 Å². The highest BCUT2D eigenvalue weighted by molar-refractivity contribution is 5.96. The normalized spacial score (nSPS) is 22.0. The van der Waals surface area contributed by atoms with Crippen molar-refractivity contribution in [1.82, 2.24) is 14.8 Å². The van der Waals surface area contributed by atoms with Crippen LogP contribution in [0.15, 0.2) is 30.7 Å². The molecule has 0 bridgehead atoms. The second-order valence-electron chi connectivity index (χ2n) is 6.58. The Morgan fingerprint density at radius 3 is 2.62 bits per heavy atom. The molecule has 0 spiro atoms. The molecule has 0 saturated heterocycles. The van der Waals surface area contributed by atoms with Gasteiger partial charge in [0.25, 0.3) is 0 Å². The molecule has 2 aromatic heterocycles. The Labute approximate surface area is 139 Å².